The molecule has 3 heterocycles. The molecule has 4 rings (SSSR count). The number of carbonyl (C=O) groups is 1. The number of carbonyl (C=O) groups excluding carboxylic acids is 1. The molecule has 7 nitrogen and oxygen atoms in total. The fourth-order valence-corrected chi connectivity index (χ4v) is 3.45. The zero-order chi connectivity index (χ0) is 19.5. The lowest BCUT2D eigenvalue weighted by atomic mass is 9.98. The highest BCUT2D eigenvalue weighted by Gasteiger charge is 2.37. The van der Waals surface area contributed by atoms with Gasteiger partial charge in [0.2, 0.25) is 11.7 Å². The van der Waals surface area contributed by atoms with E-state index in [1.807, 2.05) is 48.2 Å². The van der Waals surface area contributed by atoms with E-state index in [1.54, 1.807) is 12.4 Å². The lowest BCUT2D eigenvalue weighted by Crippen LogP contribution is -2.33. The third kappa shape index (κ3) is 3.74. The van der Waals surface area contributed by atoms with Crippen molar-refractivity contribution >= 4 is 5.91 Å². The summed E-state index contributed by atoms with van der Waals surface area (Å²) in [6.07, 6.45) is 3.39. The Hall–Kier alpha value is -3.22. The number of aryl methyl sites for hydroxylation is 1. The molecular formula is C21H22N4O3. The molecule has 0 spiro atoms. The van der Waals surface area contributed by atoms with Gasteiger partial charge in [-0.25, -0.2) is 0 Å². The second-order valence-electron chi connectivity index (χ2n) is 7.13. The fraction of sp³-hybridized carbons (Fsp3) is 0.333. The van der Waals surface area contributed by atoms with E-state index in [4.69, 9.17) is 9.26 Å². The Morgan fingerprint density at radius 2 is 2.00 bits per heavy atom. The molecule has 1 aliphatic heterocycles. The van der Waals surface area contributed by atoms with Crippen molar-refractivity contribution in [1.82, 2.24) is 20.0 Å². The zero-order valence-electron chi connectivity index (χ0n) is 15.9. The first-order valence-electron chi connectivity index (χ1n) is 9.32. The van der Waals surface area contributed by atoms with Crippen molar-refractivity contribution in [1.29, 1.82) is 0 Å². The van der Waals surface area contributed by atoms with Crippen molar-refractivity contribution in [3.05, 3.63) is 60.2 Å². The minimum absolute atomic E-state index is 0.0190. The van der Waals surface area contributed by atoms with Crippen molar-refractivity contribution in [2.75, 3.05) is 19.7 Å². The molecule has 144 valence electrons. The van der Waals surface area contributed by atoms with E-state index >= 15 is 0 Å². The number of rotatable bonds is 5. The number of para-hydroxylation sites is 1. The number of likely N-dealkylation sites (tertiary alicyclic amines) is 1. The molecule has 0 bridgehead atoms. The number of ether oxygens (including phenoxy) is 1. The molecule has 0 radical (unpaired) electrons. The summed E-state index contributed by atoms with van der Waals surface area (Å²) in [5.74, 6) is 2.05. The fourth-order valence-electron chi connectivity index (χ4n) is 3.45. The Morgan fingerprint density at radius 1 is 1.21 bits per heavy atom. The molecule has 1 amide bonds. The maximum atomic E-state index is 12.6. The van der Waals surface area contributed by atoms with Crippen LogP contribution in [0, 0.1) is 12.8 Å². The van der Waals surface area contributed by atoms with Crippen LogP contribution in [0.1, 0.15) is 24.3 Å². The summed E-state index contributed by atoms with van der Waals surface area (Å²) in [6.45, 7) is 5.28. The Morgan fingerprint density at radius 3 is 2.79 bits per heavy atom. The first-order chi connectivity index (χ1) is 13.6. The molecule has 28 heavy (non-hydrogen) atoms. The Balaban J connectivity index is 1.40. The summed E-state index contributed by atoms with van der Waals surface area (Å²) in [5.41, 5.74) is 1.87. The third-order valence-electron chi connectivity index (χ3n) is 5.11. The SMILES string of the molecule is Cc1ccccc1OCC(=O)N1CC(C)C(c2nc(-c3ccncc3)no2)C1. The molecule has 1 aliphatic rings. The first kappa shape index (κ1) is 18.2. The molecule has 0 aliphatic carbocycles. The summed E-state index contributed by atoms with van der Waals surface area (Å²) in [4.78, 5) is 23.0. The van der Waals surface area contributed by atoms with Crippen LogP contribution in [0.5, 0.6) is 5.75 Å². The molecular weight excluding hydrogens is 356 g/mol. The number of amides is 1. The normalized spacial score (nSPS) is 19.0. The predicted molar refractivity (Wildman–Crippen MR) is 103 cm³/mol. The maximum Gasteiger partial charge on any atom is 0.260 e. The van der Waals surface area contributed by atoms with E-state index in [0.29, 0.717) is 24.8 Å². The van der Waals surface area contributed by atoms with Crippen LogP contribution < -0.4 is 4.74 Å². The van der Waals surface area contributed by atoms with Gasteiger partial charge in [-0.05, 0) is 36.6 Å². The maximum absolute atomic E-state index is 12.6. The lowest BCUT2D eigenvalue weighted by molar-refractivity contribution is -0.132. The number of hydrogen-bond acceptors (Lipinski definition) is 6. The largest absolute Gasteiger partial charge is 0.484 e. The van der Waals surface area contributed by atoms with E-state index in [1.165, 1.54) is 0 Å². The number of pyridine rings is 1. The standard InChI is InChI=1S/C21H22N4O3/c1-14-5-3-4-6-18(14)27-13-19(26)25-11-15(2)17(12-25)21-23-20(24-28-21)16-7-9-22-10-8-16/h3-10,15,17H,11-13H2,1-2H3. The van der Waals surface area contributed by atoms with Crippen LogP contribution in [0.25, 0.3) is 11.4 Å². The van der Waals surface area contributed by atoms with Crippen molar-refractivity contribution in [2.45, 2.75) is 19.8 Å². The van der Waals surface area contributed by atoms with Gasteiger partial charge in [0.05, 0.1) is 5.92 Å². The molecule has 2 aromatic heterocycles. The topological polar surface area (TPSA) is 81.4 Å². The van der Waals surface area contributed by atoms with Gasteiger partial charge in [-0.15, -0.1) is 0 Å². The Labute approximate surface area is 163 Å². The molecule has 0 saturated carbocycles. The van der Waals surface area contributed by atoms with Gasteiger partial charge in [-0.3, -0.25) is 9.78 Å². The minimum atomic E-state index is -0.0357. The van der Waals surface area contributed by atoms with E-state index < -0.39 is 0 Å². The summed E-state index contributed by atoms with van der Waals surface area (Å²) < 4.78 is 11.2. The number of hydrogen-bond donors (Lipinski definition) is 0. The van der Waals surface area contributed by atoms with E-state index in [-0.39, 0.29) is 24.3 Å². The van der Waals surface area contributed by atoms with Crippen molar-refractivity contribution in [3.63, 3.8) is 0 Å². The Kier molecular flexibility index (Phi) is 5.06. The molecule has 7 heteroatoms. The van der Waals surface area contributed by atoms with Gasteiger partial charge >= 0.3 is 0 Å². The van der Waals surface area contributed by atoms with Gasteiger partial charge in [-0.1, -0.05) is 30.3 Å². The monoisotopic (exact) mass is 378 g/mol. The summed E-state index contributed by atoms with van der Waals surface area (Å²) in [5, 5.41) is 4.08. The quantitative estimate of drug-likeness (QED) is 0.679. The van der Waals surface area contributed by atoms with E-state index in [9.17, 15) is 4.79 Å². The smallest absolute Gasteiger partial charge is 0.260 e. The molecule has 3 aromatic rings. The van der Waals surface area contributed by atoms with Crippen LogP contribution >= 0.6 is 0 Å². The van der Waals surface area contributed by atoms with Crippen LogP contribution in [-0.4, -0.2) is 45.6 Å². The summed E-state index contributed by atoms with van der Waals surface area (Å²) in [7, 11) is 0. The minimum Gasteiger partial charge on any atom is -0.484 e. The highest BCUT2D eigenvalue weighted by molar-refractivity contribution is 5.78. The second kappa shape index (κ2) is 7.80. The summed E-state index contributed by atoms with van der Waals surface area (Å²) >= 11 is 0. The molecule has 0 N–H and O–H groups in total. The second-order valence-corrected chi connectivity index (χ2v) is 7.13. The van der Waals surface area contributed by atoms with Gasteiger partial charge in [0, 0.05) is 31.0 Å². The predicted octanol–water partition coefficient (Wildman–Crippen LogP) is 3.08. The van der Waals surface area contributed by atoms with Crippen LogP contribution in [-0.2, 0) is 4.79 Å². The van der Waals surface area contributed by atoms with Crippen molar-refractivity contribution in [2.24, 2.45) is 5.92 Å². The van der Waals surface area contributed by atoms with Crippen LogP contribution in [0.2, 0.25) is 0 Å². The average Bonchev–Trinajstić information content (AvgIpc) is 3.34. The van der Waals surface area contributed by atoms with Crippen LogP contribution in [0.4, 0.5) is 0 Å². The van der Waals surface area contributed by atoms with Gasteiger partial charge in [0.25, 0.3) is 5.91 Å². The summed E-state index contributed by atoms with van der Waals surface area (Å²) in [6, 6.07) is 11.4. The molecule has 1 fully saturated rings. The zero-order valence-corrected chi connectivity index (χ0v) is 15.9. The molecule has 1 saturated heterocycles. The molecule has 2 atom stereocenters. The first-order valence-corrected chi connectivity index (χ1v) is 9.32. The van der Waals surface area contributed by atoms with Crippen molar-refractivity contribution in [3.8, 4) is 17.1 Å². The average molecular weight is 378 g/mol. The number of aromatic nitrogens is 3. The van der Waals surface area contributed by atoms with Crippen LogP contribution in [0.3, 0.4) is 0 Å². The molecule has 1 aromatic carbocycles. The lowest BCUT2D eigenvalue weighted by Gasteiger charge is -2.17. The highest BCUT2D eigenvalue weighted by Crippen LogP contribution is 2.32. The highest BCUT2D eigenvalue weighted by atomic mass is 16.5. The van der Waals surface area contributed by atoms with Crippen LogP contribution in [0.15, 0.2) is 53.3 Å². The third-order valence-corrected chi connectivity index (χ3v) is 5.11. The number of nitrogens with zero attached hydrogens (tertiary/aromatic N) is 4. The van der Waals surface area contributed by atoms with Gasteiger partial charge in [0.15, 0.2) is 6.61 Å². The van der Waals surface area contributed by atoms with Crippen molar-refractivity contribution < 1.29 is 14.1 Å². The number of benzene rings is 1. The molecule has 2 unspecified atom stereocenters. The van der Waals surface area contributed by atoms with Gasteiger partial charge < -0.3 is 14.2 Å². The Bertz CT molecular complexity index is 957. The van der Waals surface area contributed by atoms with Gasteiger partial charge in [0.1, 0.15) is 5.75 Å². The van der Waals surface area contributed by atoms with Gasteiger partial charge in [-0.2, -0.15) is 4.98 Å². The van der Waals surface area contributed by atoms with E-state index in [0.717, 1.165) is 16.9 Å². The van der Waals surface area contributed by atoms with E-state index in [2.05, 4.69) is 22.0 Å².